The van der Waals surface area contributed by atoms with Gasteiger partial charge in [0.25, 0.3) is 0 Å². The van der Waals surface area contributed by atoms with Crippen molar-refractivity contribution in [3.63, 3.8) is 0 Å². The minimum atomic E-state index is 0.266. The lowest BCUT2D eigenvalue weighted by Gasteiger charge is -2.13. The summed E-state index contributed by atoms with van der Waals surface area (Å²) in [6.07, 6.45) is 1.03. The van der Waals surface area contributed by atoms with Crippen molar-refractivity contribution in [1.29, 1.82) is 0 Å². The van der Waals surface area contributed by atoms with Crippen molar-refractivity contribution in [2.24, 2.45) is 5.73 Å². The second-order valence-electron chi connectivity index (χ2n) is 3.96. The molecular formula is C12H17NO3. The number of nitrogens with two attached hydrogens (primary N) is 1. The van der Waals surface area contributed by atoms with E-state index < -0.39 is 0 Å². The molecule has 2 N–H and O–H groups in total. The van der Waals surface area contributed by atoms with Crippen LogP contribution in [0.4, 0.5) is 0 Å². The molecule has 1 aliphatic carbocycles. The molecule has 0 heterocycles. The summed E-state index contributed by atoms with van der Waals surface area (Å²) < 4.78 is 15.8. The van der Waals surface area contributed by atoms with E-state index in [0.717, 1.165) is 12.0 Å². The van der Waals surface area contributed by atoms with Crippen molar-refractivity contribution in [2.75, 3.05) is 21.3 Å². The molecule has 0 aromatic heterocycles. The van der Waals surface area contributed by atoms with Gasteiger partial charge in [-0.15, -0.1) is 0 Å². The van der Waals surface area contributed by atoms with Crippen LogP contribution in [0.3, 0.4) is 0 Å². The van der Waals surface area contributed by atoms with Gasteiger partial charge in [-0.05, 0) is 24.1 Å². The molecule has 16 heavy (non-hydrogen) atoms. The number of hydrogen-bond donors (Lipinski definition) is 1. The van der Waals surface area contributed by atoms with Crippen LogP contribution in [0.2, 0.25) is 0 Å². The maximum absolute atomic E-state index is 5.84. The van der Waals surface area contributed by atoms with Crippen LogP contribution in [0.5, 0.6) is 17.2 Å². The molecular weight excluding hydrogens is 206 g/mol. The highest BCUT2D eigenvalue weighted by atomic mass is 16.5. The molecule has 0 bridgehead atoms. The average molecular weight is 223 g/mol. The summed E-state index contributed by atoms with van der Waals surface area (Å²) in [4.78, 5) is 0. The van der Waals surface area contributed by atoms with Gasteiger partial charge in [-0.2, -0.15) is 0 Å². The van der Waals surface area contributed by atoms with Gasteiger partial charge >= 0.3 is 0 Å². The molecule has 4 nitrogen and oxygen atoms in total. The second kappa shape index (κ2) is 4.22. The fourth-order valence-electron chi connectivity index (χ4n) is 1.91. The molecule has 0 aliphatic heterocycles. The third-order valence-corrected chi connectivity index (χ3v) is 2.96. The Hall–Kier alpha value is -1.42. The Morgan fingerprint density at radius 1 is 1.06 bits per heavy atom. The number of hydrogen-bond acceptors (Lipinski definition) is 4. The van der Waals surface area contributed by atoms with E-state index in [0.29, 0.717) is 23.2 Å². The lowest BCUT2D eigenvalue weighted by molar-refractivity contribution is 0.324. The Morgan fingerprint density at radius 3 is 1.88 bits per heavy atom. The zero-order chi connectivity index (χ0) is 11.7. The first-order chi connectivity index (χ1) is 7.71. The average Bonchev–Trinajstić information content (AvgIpc) is 3.04. The zero-order valence-corrected chi connectivity index (χ0v) is 9.82. The van der Waals surface area contributed by atoms with E-state index in [2.05, 4.69) is 0 Å². The zero-order valence-electron chi connectivity index (χ0n) is 9.82. The number of methoxy groups -OCH3 is 3. The molecule has 2 atom stereocenters. The molecule has 1 aromatic rings. The SMILES string of the molecule is COc1cc([C@H]2C[C@@H]2N)cc(OC)c1OC. The summed E-state index contributed by atoms with van der Waals surface area (Å²) in [7, 11) is 4.84. The normalized spacial score (nSPS) is 22.8. The fourth-order valence-corrected chi connectivity index (χ4v) is 1.91. The lowest BCUT2D eigenvalue weighted by atomic mass is 10.1. The molecule has 0 amide bonds. The lowest BCUT2D eigenvalue weighted by Crippen LogP contribution is -2.02. The Bertz CT molecular complexity index is 367. The van der Waals surface area contributed by atoms with Crippen LogP contribution in [-0.4, -0.2) is 27.4 Å². The van der Waals surface area contributed by atoms with Gasteiger partial charge in [-0.1, -0.05) is 0 Å². The summed E-state index contributed by atoms with van der Waals surface area (Å²) in [5.74, 6) is 2.43. The number of rotatable bonds is 4. The van der Waals surface area contributed by atoms with Gasteiger partial charge in [-0.25, -0.2) is 0 Å². The van der Waals surface area contributed by atoms with Crippen LogP contribution in [0.1, 0.15) is 17.9 Å². The third kappa shape index (κ3) is 1.80. The molecule has 1 aromatic carbocycles. The van der Waals surface area contributed by atoms with Crippen LogP contribution in [0.15, 0.2) is 12.1 Å². The van der Waals surface area contributed by atoms with Crippen LogP contribution >= 0.6 is 0 Å². The molecule has 1 aliphatic rings. The Labute approximate surface area is 95.3 Å². The standard InChI is InChI=1S/C12H17NO3/c1-14-10-4-7(8-6-9(8)13)5-11(15-2)12(10)16-3/h4-5,8-9H,6,13H2,1-3H3/t8-,9+/m1/s1. The quantitative estimate of drug-likeness (QED) is 0.841. The summed E-state index contributed by atoms with van der Waals surface area (Å²) in [5.41, 5.74) is 6.99. The van der Waals surface area contributed by atoms with Crippen LogP contribution in [0, 0.1) is 0 Å². The largest absolute Gasteiger partial charge is 0.493 e. The van der Waals surface area contributed by atoms with Gasteiger partial charge < -0.3 is 19.9 Å². The minimum Gasteiger partial charge on any atom is -0.493 e. The molecule has 2 rings (SSSR count). The minimum absolute atomic E-state index is 0.266. The Balaban J connectivity index is 2.42. The van der Waals surface area contributed by atoms with E-state index in [1.54, 1.807) is 21.3 Å². The predicted octanol–water partition coefficient (Wildman–Crippen LogP) is 1.53. The van der Waals surface area contributed by atoms with Gasteiger partial charge in [0.2, 0.25) is 5.75 Å². The molecule has 1 saturated carbocycles. The molecule has 0 unspecified atom stereocenters. The Morgan fingerprint density at radius 2 is 1.56 bits per heavy atom. The van der Waals surface area contributed by atoms with Crippen molar-refractivity contribution in [3.05, 3.63) is 17.7 Å². The van der Waals surface area contributed by atoms with Gasteiger partial charge in [0, 0.05) is 12.0 Å². The van der Waals surface area contributed by atoms with Gasteiger partial charge in [0.15, 0.2) is 11.5 Å². The second-order valence-corrected chi connectivity index (χ2v) is 3.96. The maximum Gasteiger partial charge on any atom is 0.203 e. The highest BCUT2D eigenvalue weighted by Gasteiger charge is 2.36. The first-order valence-electron chi connectivity index (χ1n) is 5.26. The van der Waals surface area contributed by atoms with E-state index in [4.69, 9.17) is 19.9 Å². The molecule has 0 saturated heterocycles. The van der Waals surface area contributed by atoms with Gasteiger partial charge in [0.05, 0.1) is 21.3 Å². The predicted molar refractivity (Wildman–Crippen MR) is 61.4 cm³/mol. The van der Waals surface area contributed by atoms with Crippen molar-refractivity contribution < 1.29 is 14.2 Å². The summed E-state index contributed by atoms with van der Waals surface area (Å²) >= 11 is 0. The summed E-state index contributed by atoms with van der Waals surface area (Å²) in [5, 5.41) is 0. The van der Waals surface area contributed by atoms with E-state index >= 15 is 0 Å². The molecule has 88 valence electrons. The molecule has 0 spiro atoms. The van der Waals surface area contributed by atoms with E-state index in [9.17, 15) is 0 Å². The Kier molecular flexibility index (Phi) is 2.92. The molecule has 1 fully saturated rings. The third-order valence-electron chi connectivity index (χ3n) is 2.96. The molecule has 4 heteroatoms. The van der Waals surface area contributed by atoms with E-state index in [-0.39, 0.29) is 6.04 Å². The van der Waals surface area contributed by atoms with E-state index in [1.807, 2.05) is 12.1 Å². The monoisotopic (exact) mass is 223 g/mol. The number of ether oxygens (including phenoxy) is 3. The van der Waals surface area contributed by atoms with Crippen LogP contribution in [0.25, 0.3) is 0 Å². The van der Waals surface area contributed by atoms with E-state index in [1.165, 1.54) is 0 Å². The smallest absolute Gasteiger partial charge is 0.203 e. The highest BCUT2D eigenvalue weighted by molar-refractivity contribution is 5.55. The van der Waals surface area contributed by atoms with Crippen LogP contribution < -0.4 is 19.9 Å². The number of benzene rings is 1. The van der Waals surface area contributed by atoms with Crippen molar-refractivity contribution in [2.45, 2.75) is 18.4 Å². The van der Waals surface area contributed by atoms with Gasteiger partial charge in [-0.3, -0.25) is 0 Å². The van der Waals surface area contributed by atoms with Crippen molar-refractivity contribution >= 4 is 0 Å². The first kappa shape index (κ1) is 11.1. The van der Waals surface area contributed by atoms with Gasteiger partial charge in [0.1, 0.15) is 0 Å². The topological polar surface area (TPSA) is 53.7 Å². The summed E-state index contributed by atoms with van der Waals surface area (Å²) in [6, 6.07) is 4.21. The van der Waals surface area contributed by atoms with Crippen molar-refractivity contribution in [3.8, 4) is 17.2 Å². The first-order valence-corrected chi connectivity index (χ1v) is 5.26. The van der Waals surface area contributed by atoms with Crippen LogP contribution in [-0.2, 0) is 0 Å². The van der Waals surface area contributed by atoms with Crippen molar-refractivity contribution in [1.82, 2.24) is 0 Å². The molecule has 0 radical (unpaired) electrons. The highest BCUT2D eigenvalue weighted by Crippen LogP contribution is 2.46. The summed E-state index contributed by atoms with van der Waals surface area (Å²) in [6.45, 7) is 0. The maximum atomic E-state index is 5.84. The fraction of sp³-hybridized carbons (Fsp3) is 0.500.